The number of carboxylic acid groups (broad SMARTS) is 1. The summed E-state index contributed by atoms with van der Waals surface area (Å²) in [6.45, 7) is 1.17. The van der Waals surface area contributed by atoms with Crippen LogP contribution in [0.5, 0.6) is 0 Å². The molecule has 9 heteroatoms. The number of halogens is 5. The van der Waals surface area contributed by atoms with Gasteiger partial charge in [0, 0.05) is 17.2 Å². The molecule has 0 aliphatic heterocycles. The first kappa shape index (κ1) is 19.0. The third kappa shape index (κ3) is 3.83. The number of carboxylic acids is 1. The minimum Gasteiger partial charge on any atom is -0.478 e. The number of hydrogen-bond donors (Lipinski definition) is 1. The highest BCUT2D eigenvalue weighted by Gasteiger charge is 2.27. The Hall–Kier alpha value is -2.38. The van der Waals surface area contributed by atoms with Crippen molar-refractivity contribution in [2.75, 3.05) is 0 Å². The van der Waals surface area contributed by atoms with Gasteiger partial charge in [0.15, 0.2) is 11.0 Å². The van der Waals surface area contributed by atoms with Crippen LogP contribution in [0.2, 0.25) is 10.3 Å². The summed E-state index contributed by atoms with van der Waals surface area (Å²) >= 11 is 11.3. The average molecular weight is 390 g/mol. The second kappa shape index (κ2) is 7.25. The van der Waals surface area contributed by atoms with E-state index in [1.54, 1.807) is 0 Å². The molecule has 0 unspecified atom stereocenters. The molecule has 0 fully saturated rings. The predicted molar refractivity (Wildman–Crippen MR) is 85.3 cm³/mol. The molecule has 1 aromatic heterocycles. The summed E-state index contributed by atoms with van der Waals surface area (Å²) in [5, 5.41) is 8.17. The lowest BCUT2D eigenvalue weighted by Gasteiger charge is -2.09. The Bertz CT molecular complexity index is 929. The first-order chi connectivity index (χ1) is 11.6. The molecule has 1 N–H and O–H groups in total. The van der Waals surface area contributed by atoms with E-state index >= 15 is 0 Å². The maximum absolute atomic E-state index is 13.9. The maximum atomic E-state index is 13.9. The van der Waals surface area contributed by atoms with Crippen molar-refractivity contribution in [3.05, 3.63) is 68.2 Å². The third-order valence-corrected chi connectivity index (χ3v) is 3.78. The lowest BCUT2D eigenvalue weighted by atomic mass is 9.98. The number of Topliss-reactive ketones (excluding diaryl/α,β-unsaturated/α-hetero) is 1. The highest BCUT2D eigenvalue weighted by molar-refractivity contribution is 6.38. The fourth-order valence-electron chi connectivity index (χ4n) is 2.01. The number of rotatable bonds is 4. The summed E-state index contributed by atoms with van der Waals surface area (Å²) in [6.07, 6.45) is 0.696. The van der Waals surface area contributed by atoms with Crippen molar-refractivity contribution in [1.29, 1.82) is 0 Å². The Kier molecular flexibility index (Phi) is 5.49. The fraction of sp³-hybridized carbons (Fsp3) is 0.0625. The number of nitrogens with zero attached hydrogens (tertiary/aromatic N) is 1. The number of pyridine rings is 1. The van der Waals surface area contributed by atoms with E-state index in [0.29, 0.717) is 12.1 Å². The van der Waals surface area contributed by atoms with Crippen molar-refractivity contribution >= 4 is 41.0 Å². The Morgan fingerprint density at radius 3 is 2.36 bits per heavy atom. The summed E-state index contributed by atoms with van der Waals surface area (Å²) in [4.78, 5) is 27.3. The van der Waals surface area contributed by atoms with Crippen molar-refractivity contribution in [3.8, 4) is 0 Å². The Labute approximate surface area is 149 Å². The van der Waals surface area contributed by atoms with Crippen molar-refractivity contribution in [2.24, 2.45) is 0 Å². The van der Waals surface area contributed by atoms with Gasteiger partial charge in [0.05, 0.1) is 5.56 Å². The first-order valence-corrected chi connectivity index (χ1v) is 7.35. The zero-order chi connectivity index (χ0) is 18.9. The predicted octanol–water partition coefficient (Wildman–Crippen LogP) is 4.47. The summed E-state index contributed by atoms with van der Waals surface area (Å²) in [5.41, 5.74) is -2.07. The number of ketones is 1. The van der Waals surface area contributed by atoms with E-state index in [2.05, 4.69) is 4.98 Å². The van der Waals surface area contributed by atoms with Crippen LogP contribution in [0.25, 0.3) is 6.08 Å². The fourth-order valence-corrected chi connectivity index (χ4v) is 2.59. The van der Waals surface area contributed by atoms with Gasteiger partial charge in [0.2, 0.25) is 5.78 Å². The Balaban J connectivity index is 2.63. The molecular weight excluding hydrogens is 382 g/mol. The van der Waals surface area contributed by atoms with E-state index in [4.69, 9.17) is 23.2 Å². The Morgan fingerprint density at radius 1 is 1.16 bits per heavy atom. The molecule has 0 aliphatic rings. The van der Waals surface area contributed by atoms with Crippen LogP contribution in [0.15, 0.2) is 23.8 Å². The van der Waals surface area contributed by atoms with Crippen LogP contribution in [0.4, 0.5) is 13.2 Å². The summed E-state index contributed by atoms with van der Waals surface area (Å²) in [5.74, 6) is -5.89. The van der Waals surface area contributed by atoms with Gasteiger partial charge in [-0.05, 0) is 25.1 Å². The number of carbonyl (C=O) groups excluding carboxylic acids is 1. The molecule has 4 nitrogen and oxygen atoms in total. The van der Waals surface area contributed by atoms with Crippen LogP contribution in [-0.4, -0.2) is 21.8 Å². The van der Waals surface area contributed by atoms with Gasteiger partial charge in [0.1, 0.15) is 22.4 Å². The summed E-state index contributed by atoms with van der Waals surface area (Å²) in [6, 6.07) is 2.37. The van der Waals surface area contributed by atoms with Gasteiger partial charge >= 0.3 is 5.97 Å². The third-order valence-electron chi connectivity index (χ3n) is 3.25. The number of benzene rings is 1. The van der Waals surface area contributed by atoms with Crippen LogP contribution in [0.1, 0.15) is 21.5 Å². The molecule has 0 bridgehead atoms. The van der Waals surface area contributed by atoms with Crippen molar-refractivity contribution < 1.29 is 27.9 Å². The zero-order valence-corrected chi connectivity index (χ0v) is 13.9. The van der Waals surface area contributed by atoms with Crippen LogP contribution < -0.4 is 0 Å². The van der Waals surface area contributed by atoms with E-state index in [0.717, 1.165) is 12.1 Å². The van der Waals surface area contributed by atoms with Crippen molar-refractivity contribution in [1.82, 2.24) is 4.98 Å². The monoisotopic (exact) mass is 389 g/mol. The zero-order valence-electron chi connectivity index (χ0n) is 12.4. The van der Waals surface area contributed by atoms with Gasteiger partial charge in [-0.1, -0.05) is 23.2 Å². The molecule has 0 saturated heterocycles. The molecular formula is C16H8Cl2F3NO3. The van der Waals surface area contributed by atoms with Gasteiger partial charge in [-0.15, -0.1) is 0 Å². The average Bonchev–Trinajstić information content (AvgIpc) is 2.51. The second-order valence-corrected chi connectivity index (χ2v) is 5.58. The largest absolute Gasteiger partial charge is 0.478 e. The van der Waals surface area contributed by atoms with E-state index in [1.165, 1.54) is 6.92 Å². The van der Waals surface area contributed by atoms with Gasteiger partial charge in [0.25, 0.3) is 0 Å². The highest BCUT2D eigenvalue weighted by atomic mass is 35.5. The van der Waals surface area contributed by atoms with Crippen LogP contribution in [-0.2, 0) is 4.79 Å². The molecule has 0 atom stereocenters. The number of hydrogen-bond acceptors (Lipinski definition) is 3. The van der Waals surface area contributed by atoms with Crippen LogP contribution >= 0.6 is 23.2 Å². The van der Waals surface area contributed by atoms with Crippen LogP contribution in [0, 0.1) is 24.4 Å². The molecule has 2 aromatic rings. The Morgan fingerprint density at radius 2 is 1.80 bits per heavy atom. The van der Waals surface area contributed by atoms with Crippen LogP contribution in [0.3, 0.4) is 0 Å². The van der Waals surface area contributed by atoms with Gasteiger partial charge in [-0.3, -0.25) is 4.79 Å². The van der Waals surface area contributed by atoms with Gasteiger partial charge in [-0.25, -0.2) is 22.9 Å². The number of aliphatic carboxylic acids is 1. The summed E-state index contributed by atoms with van der Waals surface area (Å²) < 4.78 is 40.5. The maximum Gasteiger partial charge on any atom is 0.339 e. The van der Waals surface area contributed by atoms with Gasteiger partial charge in [-0.2, -0.15) is 0 Å². The lowest BCUT2D eigenvalue weighted by molar-refractivity contribution is -0.132. The number of aromatic nitrogens is 1. The van der Waals surface area contributed by atoms with Crippen molar-refractivity contribution in [2.45, 2.75) is 6.92 Å². The smallest absolute Gasteiger partial charge is 0.339 e. The minimum absolute atomic E-state index is 0.304. The first-order valence-electron chi connectivity index (χ1n) is 6.59. The van der Waals surface area contributed by atoms with Gasteiger partial charge < -0.3 is 5.11 Å². The molecule has 1 heterocycles. The standard InChI is InChI=1S/C16H8Cl2F3NO3/c1-6-11(14(17)22-15(18)12(6)21)13(23)9(16(24)25)4-7-2-3-8(19)5-10(7)20/h2-5H,1H3,(H,24,25). The summed E-state index contributed by atoms with van der Waals surface area (Å²) in [7, 11) is 0. The molecule has 0 radical (unpaired) electrons. The topological polar surface area (TPSA) is 67.3 Å². The van der Waals surface area contributed by atoms with Crippen molar-refractivity contribution in [3.63, 3.8) is 0 Å². The molecule has 0 aliphatic carbocycles. The van der Waals surface area contributed by atoms with E-state index in [9.17, 15) is 27.9 Å². The number of carbonyl (C=O) groups is 2. The molecule has 1 aromatic carbocycles. The molecule has 25 heavy (non-hydrogen) atoms. The minimum atomic E-state index is -1.71. The molecule has 0 saturated carbocycles. The van der Waals surface area contributed by atoms with E-state index in [1.807, 2.05) is 0 Å². The second-order valence-electron chi connectivity index (χ2n) is 4.87. The SMILES string of the molecule is Cc1c(F)c(Cl)nc(Cl)c1C(=O)C(=Cc1ccc(F)cc1F)C(=O)O. The quantitative estimate of drug-likeness (QED) is 0.275. The molecule has 2 rings (SSSR count). The van der Waals surface area contributed by atoms with E-state index in [-0.39, 0.29) is 11.1 Å². The lowest BCUT2D eigenvalue weighted by Crippen LogP contribution is -2.16. The molecule has 0 spiro atoms. The van der Waals surface area contributed by atoms with E-state index < -0.39 is 50.6 Å². The molecule has 0 amide bonds. The normalized spacial score (nSPS) is 11.5. The highest BCUT2D eigenvalue weighted by Crippen LogP contribution is 2.28. The molecule has 130 valence electrons.